The van der Waals surface area contributed by atoms with Gasteiger partial charge in [0, 0.05) is 19.6 Å². The highest BCUT2D eigenvalue weighted by molar-refractivity contribution is 5.80. The topological polar surface area (TPSA) is 76.6 Å². The molecule has 3 aromatic rings. The third-order valence-corrected chi connectivity index (χ3v) is 5.66. The van der Waals surface area contributed by atoms with Gasteiger partial charge in [-0.2, -0.15) is 0 Å². The van der Waals surface area contributed by atoms with Crippen molar-refractivity contribution in [3.8, 4) is 11.6 Å². The van der Waals surface area contributed by atoms with Gasteiger partial charge in [-0.15, -0.1) is 0 Å². The fourth-order valence-corrected chi connectivity index (χ4v) is 3.98. The smallest absolute Gasteiger partial charge is 0.258 e. The maximum atomic E-state index is 12.9. The highest BCUT2D eigenvalue weighted by Gasteiger charge is 2.29. The summed E-state index contributed by atoms with van der Waals surface area (Å²) in [6.07, 6.45) is 2.66. The molecule has 1 atom stereocenters. The molecule has 0 saturated carbocycles. The molecule has 1 fully saturated rings. The van der Waals surface area contributed by atoms with Crippen LogP contribution in [0.2, 0.25) is 0 Å². The van der Waals surface area contributed by atoms with E-state index in [1.54, 1.807) is 7.11 Å². The molecule has 168 valence electrons. The average Bonchev–Trinajstić information content (AvgIpc) is 2.85. The van der Waals surface area contributed by atoms with Gasteiger partial charge in [0.25, 0.3) is 5.88 Å². The van der Waals surface area contributed by atoms with Gasteiger partial charge in [-0.3, -0.25) is 4.79 Å². The lowest BCUT2D eigenvalue weighted by atomic mass is 9.97. The van der Waals surface area contributed by atoms with Gasteiger partial charge in [-0.05, 0) is 49.1 Å². The first-order valence-corrected chi connectivity index (χ1v) is 11.2. The fourth-order valence-electron chi connectivity index (χ4n) is 3.98. The summed E-state index contributed by atoms with van der Waals surface area (Å²) in [6.45, 7) is 4.55. The highest BCUT2D eigenvalue weighted by atomic mass is 16.5. The normalized spacial score (nSPS) is 16.1. The average molecular weight is 435 g/mol. The molecule has 2 aromatic carbocycles. The summed E-state index contributed by atoms with van der Waals surface area (Å²) >= 11 is 0. The molecule has 1 saturated heterocycles. The molecule has 1 aliphatic heterocycles. The van der Waals surface area contributed by atoms with E-state index in [1.807, 2.05) is 48.5 Å². The molecule has 4 rings (SSSR count). The predicted molar refractivity (Wildman–Crippen MR) is 125 cm³/mol. The molecule has 2 heterocycles. The second kappa shape index (κ2) is 10.3. The lowest BCUT2D eigenvalue weighted by Crippen LogP contribution is -2.43. The zero-order valence-electron chi connectivity index (χ0n) is 18.7. The number of methoxy groups -OCH3 is 1. The maximum Gasteiger partial charge on any atom is 0.258 e. The first kappa shape index (κ1) is 21.9. The van der Waals surface area contributed by atoms with Crippen LogP contribution in [0.3, 0.4) is 0 Å². The molecule has 0 aliphatic carbocycles. The highest BCUT2D eigenvalue weighted by Crippen LogP contribution is 2.31. The van der Waals surface area contributed by atoms with E-state index < -0.39 is 0 Å². The van der Waals surface area contributed by atoms with Gasteiger partial charge in [0.1, 0.15) is 5.75 Å². The Bertz CT molecular complexity index is 1070. The quantitative estimate of drug-likeness (QED) is 0.578. The molecule has 0 bridgehead atoms. The van der Waals surface area contributed by atoms with E-state index in [2.05, 4.69) is 17.1 Å². The summed E-state index contributed by atoms with van der Waals surface area (Å²) in [5.74, 6) is 2.00. The van der Waals surface area contributed by atoms with Gasteiger partial charge in [-0.1, -0.05) is 31.2 Å². The molecule has 7 nitrogen and oxygen atoms in total. The van der Waals surface area contributed by atoms with E-state index in [1.165, 1.54) is 0 Å². The van der Waals surface area contributed by atoms with Crippen LogP contribution in [-0.2, 0) is 11.3 Å². The van der Waals surface area contributed by atoms with Gasteiger partial charge < -0.3 is 19.7 Å². The van der Waals surface area contributed by atoms with Crippen molar-refractivity contribution in [3.05, 3.63) is 54.1 Å². The fraction of sp³-hybridized carbons (Fsp3) is 0.400. The Hall–Kier alpha value is -3.35. The molecule has 0 radical (unpaired) electrons. The molecule has 1 aliphatic rings. The molecule has 1 N–H and O–H groups in total. The third kappa shape index (κ3) is 5.10. The van der Waals surface area contributed by atoms with Crippen LogP contribution in [-0.4, -0.2) is 42.7 Å². The summed E-state index contributed by atoms with van der Waals surface area (Å²) in [6, 6.07) is 15.6. The van der Waals surface area contributed by atoms with Crippen molar-refractivity contribution in [2.75, 3.05) is 31.7 Å². The zero-order valence-corrected chi connectivity index (χ0v) is 18.7. The second-order valence-corrected chi connectivity index (χ2v) is 8.04. The zero-order chi connectivity index (χ0) is 22.3. The molecule has 7 heteroatoms. The van der Waals surface area contributed by atoms with Gasteiger partial charge in [0.05, 0.1) is 30.7 Å². The van der Waals surface area contributed by atoms with Crippen molar-refractivity contribution < 1.29 is 14.3 Å². The van der Waals surface area contributed by atoms with Crippen LogP contribution < -0.4 is 19.7 Å². The Balaban J connectivity index is 1.48. The van der Waals surface area contributed by atoms with Gasteiger partial charge in [0.2, 0.25) is 5.91 Å². The van der Waals surface area contributed by atoms with E-state index >= 15 is 0 Å². The Morgan fingerprint density at radius 1 is 1.16 bits per heavy atom. The number of nitrogens with zero attached hydrogens (tertiary/aromatic N) is 3. The van der Waals surface area contributed by atoms with Crippen LogP contribution in [0.25, 0.3) is 11.0 Å². The number of ether oxygens (including phenoxy) is 2. The summed E-state index contributed by atoms with van der Waals surface area (Å²) in [5.41, 5.74) is 2.66. The summed E-state index contributed by atoms with van der Waals surface area (Å²) in [4.78, 5) is 24.6. The van der Waals surface area contributed by atoms with Gasteiger partial charge >= 0.3 is 0 Å². The Morgan fingerprint density at radius 3 is 2.75 bits per heavy atom. The number of aromatic nitrogens is 2. The van der Waals surface area contributed by atoms with E-state index in [-0.39, 0.29) is 11.8 Å². The lowest BCUT2D eigenvalue weighted by molar-refractivity contribution is -0.125. The number of hydrogen-bond donors (Lipinski definition) is 1. The number of carbonyl (C=O) groups excluding carboxylic acids is 1. The minimum Gasteiger partial charge on any atom is -0.497 e. The van der Waals surface area contributed by atoms with Crippen LogP contribution in [0.1, 0.15) is 31.7 Å². The Labute approximate surface area is 188 Å². The number of nitrogens with one attached hydrogen (secondary N) is 1. The number of piperidine rings is 1. The Kier molecular flexibility index (Phi) is 7.04. The molecular weight excluding hydrogens is 404 g/mol. The number of carbonyl (C=O) groups is 1. The van der Waals surface area contributed by atoms with Crippen LogP contribution in [0.5, 0.6) is 11.6 Å². The van der Waals surface area contributed by atoms with Crippen molar-refractivity contribution >= 4 is 22.8 Å². The number of para-hydroxylation sites is 2. The summed E-state index contributed by atoms with van der Waals surface area (Å²) < 4.78 is 11.2. The number of fused-ring (bicyclic) bond motifs is 1. The van der Waals surface area contributed by atoms with Crippen molar-refractivity contribution in [2.24, 2.45) is 5.92 Å². The number of rotatable bonds is 8. The molecule has 0 spiro atoms. The summed E-state index contributed by atoms with van der Waals surface area (Å²) in [7, 11) is 1.64. The maximum absolute atomic E-state index is 12.9. The number of benzene rings is 2. The van der Waals surface area contributed by atoms with E-state index in [0.717, 1.165) is 54.0 Å². The minimum atomic E-state index is -0.110. The van der Waals surface area contributed by atoms with Crippen molar-refractivity contribution in [1.82, 2.24) is 15.3 Å². The van der Waals surface area contributed by atoms with E-state index in [9.17, 15) is 4.79 Å². The van der Waals surface area contributed by atoms with Crippen LogP contribution in [0, 0.1) is 5.92 Å². The summed E-state index contributed by atoms with van der Waals surface area (Å²) in [5, 5.41) is 3.08. The van der Waals surface area contributed by atoms with Crippen LogP contribution >= 0.6 is 0 Å². The molecule has 1 amide bonds. The Morgan fingerprint density at radius 2 is 1.97 bits per heavy atom. The van der Waals surface area contributed by atoms with Crippen molar-refractivity contribution in [3.63, 3.8) is 0 Å². The number of hydrogen-bond acceptors (Lipinski definition) is 6. The molecular formula is C25H30N4O3. The van der Waals surface area contributed by atoms with E-state index in [4.69, 9.17) is 19.4 Å². The number of anilines is 1. The van der Waals surface area contributed by atoms with Gasteiger partial charge in [0.15, 0.2) is 5.82 Å². The van der Waals surface area contributed by atoms with Crippen molar-refractivity contribution in [2.45, 2.75) is 32.7 Å². The van der Waals surface area contributed by atoms with Crippen LogP contribution in [0.15, 0.2) is 48.5 Å². The van der Waals surface area contributed by atoms with Crippen molar-refractivity contribution in [1.29, 1.82) is 0 Å². The predicted octanol–water partition coefficient (Wildman–Crippen LogP) is 3.96. The number of amides is 1. The molecule has 0 unspecified atom stereocenters. The SMILES string of the molecule is CCCOc1nc2ccccc2nc1N1CCC[C@@H](C(=O)NCc2cccc(OC)c2)C1. The molecule has 32 heavy (non-hydrogen) atoms. The monoisotopic (exact) mass is 434 g/mol. The van der Waals surface area contributed by atoms with E-state index in [0.29, 0.717) is 25.6 Å². The molecule has 1 aromatic heterocycles. The minimum absolute atomic E-state index is 0.0577. The largest absolute Gasteiger partial charge is 0.497 e. The third-order valence-electron chi connectivity index (χ3n) is 5.66. The second-order valence-electron chi connectivity index (χ2n) is 8.04. The first-order chi connectivity index (χ1) is 15.7. The first-order valence-electron chi connectivity index (χ1n) is 11.2. The standard InChI is InChI=1S/C25H30N4O3/c1-3-14-32-25-23(27-21-11-4-5-12-22(21)28-25)29-13-7-9-19(17-29)24(30)26-16-18-8-6-10-20(15-18)31-2/h4-6,8,10-12,15,19H,3,7,9,13-14,16-17H2,1-2H3,(H,26,30)/t19-/m1/s1. The van der Waals surface area contributed by atoms with Gasteiger partial charge in [-0.25, -0.2) is 9.97 Å². The van der Waals surface area contributed by atoms with Crippen LogP contribution in [0.4, 0.5) is 5.82 Å². The lowest BCUT2D eigenvalue weighted by Gasteiger charge is -2.33.